The zero-order valence-electron chi connectivity index (χ0n) is 9.16. The van der Waals surface area contributed by atoms with E-state index in [-0.39, 0.29) is 23.2 Å². The van der Waals surface area contributed by atoms with Crippen LogP contribution in [0.3, 0.4) is 0 Å². The zero-order chi connectivity index (χ0) is 12.6. The Kier molecular flexibility index (Phi) is 6.62. The highest BCUT2D eigenvalue weighted by molar-refractivity contribution is 9.13. The fourth-order valence-electron chi connectivity index (χ4n) is 0.834. The molecule has 0 aromatic carbocycles. The molecule has 0 aliphatic rings. The summed E-state index contributed by atoms with van der Waals surface area (Å²) < 4.78 is 27.8. The summed E-state index contributed by atoms with van der Waals surface area (Å²) in [6.45, 7) is 3.71. The second-order valence-electron chi connectivity index (χ2n) is 4.00. The van der Waals surface area contributed by atoms with Crippen molar-refractivity contribution in [3.8, 4) is 0 Å². The van der Waals surface area contributed by atoms with Crippen molar-refractivity contribution in [3.05, 3.63) is 14.3 Å². The first-order valence-electron chi connectivity index (χ1n) is 4.34. The largest absolute Gasteiger partial charge is 0.324 e. The van der Waals surface area contributed by atoms with Crippen molar-refractivity contribution in [2.24, 2.45) is 5.73 Å². The molecule has 0 saturated heterocycles. The minimum absolute atomic E-state index is 0. The Morgan fingerprint density at radius 2 is 2.00 bits per heavy atom. The van der Waals surface area contributed by atoms with Crippen LogP contribution in [0.4, 0.5) is 0 Å². The van der Waals surface area contributed by atoms with Crippen LogP contribution >= 0.6 is 55.6 Å². The van der Waals surface area contributed by atoms with Gasteiger partial charge in [0.15, 0.2) is 0 Å². The smallest absolute Gasteiger partial charge is 0.251 e. The van der Waals surface area contributed by atoms with E-state index in [1.807, 2.05) is 0 Å². The van der Waals surface area contributed by atoms with Crippen LogP contribution in [0, 0.1) is 0 Å². The molecule has 1 rings (SSSR count). The van der Waals surface area contributed by atoms with Gasteiger partial charge in [0.05, 0.1) is 4.47 Å². The van der Waals surface area contributed by atoms with Gasteiger partial charge in [0.1, 0.15) is 4.21 Å². The molecule has 1 heterocycles. The van der Waals surface area contributed by atoms with E-state index in [9.17, 15) is 8.42 Å². The second kappa shape index (κ2) is 6.31. The highest BCUT2D eigenvalue weighted by Crippen LogP contribution is 2.35. The molecular weight excluding hydrogens is 415 g/mol. The number of hydrogen-bond acceptors (Lipinski definition) is 4. The number of thiophene rings is 1. The predicted octanol–water partition coefficient (Wildman–Crippen LogP) is 2.71. The first kappa shape index (κ1) is 17.8. The van der Waals surface area contributed by atoms with Crippen molar-refractivity contribution < 1.29 is 8.42 Å². The highest BCUT2D eigenvalue weighted by Gasteiger charge is 2.23. The lowest BCUT2D eigenvalue weighted by Gasteiger charge is -2.18. The number of hydrogen-bond donors (Lipinski definition) is 2. The van der Waals surface area contributed by atoms with Gasteiger partial charge in [0.2, 0.25) is 0 Å². The minimum Gasteiger partial charge on any atom is -0.324 e. The summed E-state index contributed by atoms with van der Waals surface area (Å²) in [4.78, 5) is 0. The van der Waals surface area contributed by atoms with Gasteiger partial charge in [-0.15, -0.1) is 23.7 Å². The van der Waals surface area contributed by atoms with Crippen molar-refractivity contribution in [3.63, 3.8) is 0 Å². The standard InChI is InChI=1S/C8H12Br2N2O2S2.ClH/c1-8(2,11)4-12-16(13,14)7-6(10)5(9)3-15-7;/h3,12H,4,11H2,1-2H3;1H. The zero-order valence-corrected chi connectivity index (χ0v) is 14.8. The van der Waals surface area contributed by atoms with Crippen LogP contribution < -0.4 is 10.5 Å². The summed E-state index contributed by atoms with van der Waals surface area (Å²) in [7, 11) is -3.49. The van der Waals surface area contributed by atoms with Gasteiger partial charge < -0.3 is 5.73 Å². The van der Waals surface area contributed by atoms with Gasteiger partial charge in [0, 0.05) is 21.9 Å². The lowest BCUT2D eigenvalue weighted by molar-refractivity contribution is 0.498. The first-order valence-corrected chi connectivity index (χ1v) is 8.29. The molecule has 0 aliphatic carbocycles. The molecule has 0 bridgehead atoms. The Bertz CT molecular complexity index is 482. The third kappa shape index (κ3) is 5.14. The molecule has 4 nitrogen and oxygen atoms in total. The van der Waals surface area contributed by atoms with E-state index in [4.69, 9.17) is 5.73 Å². The molecule has 0 radical (unpaired) electrons. The fraction of sp³-hybridized carbons (Fsp3) is 0.500. The number of sulfonamides is 1. The van der Waals surface area contributed by atoms with Crippen molar-refractivity contribution in [1.82, 2.24) is 4.72 Å². The van der Waals surface area contributed by atoms with E-state index in [1.54, 1.807) is 19.2 Å². The van der Waals surface area contributed by atoms with Crippen LogP contribution in [-0.4, -0.2) is 20.5 Å². The predicted molar refractivity (Wildman–Crippen MR) is 80.4 cm³/mol. The molecule has 1 aromatic rings. The van der Waals surface area contributed by atoms with Crippen LogP contribution in [0.2, 0.25) is 0 Å². The van der Waals surface area contributed by atoms with E-state index in [2.05, 4.69) is 36.6 Å². The first-order chi connectivity index (χ1) is 7.13. The molecule has 3 N–H and O–H groups in total. The van der Waals surface area contributed by atoms with Crippen LogP contribution in [0.15, 0.2) is 18.5 Å². The SMILES string of the molecule is CC(C)(N)CNS(=O)(=O)c1scc(Br)c1Br.Cl. The van der Waals surface area contributed by atoms with Crippen molar-refractivity contribution in [2.45, 2.75) is 23.6 Å². The average Bonchev–Trinajstić information content (AvgIpc) is 2.44. The van der Waals surface area contributed by atoms with Crippen LogP contribution in [0.5, 0.6) is 0 Å². The second-order valence-corrected chi connectivity index (χ2v) is 8.49. The van der Waals surface area contributed by atoms with Gasteiger partial charge in [-0.1, -0.05) is 0 Å². The van der Waals surface area contributed by atoms with Gasteiger partial charge in [0.25, 0.3) is 10.0 Å². The molecule has 0 saturated carbocycles. The maximum Gasteiger partial charge on any atom is 0.251 e. The molecule has 0 aliphatic heterocycles. The molecule has 0 amide bonds. The minimum atomic E-state index is -3.49. The van der Waals surface area contributed by atoms with E-state index >= 15 is 0 Å². The van der Waals surface area contributed by atoms with Crippen molar-refractivity contribution in [2.75, 3.05) is 6.54 Å². The van der Waals surface area contributed by atoms with E-state index in [0.29, 0.717) is 4.47 Å². The van der Waals surface area contributed by atoms with Crippen molar-refractivity contribution in [1.29, 1.82) is 0 Å². The van der Waals surface area contributed by atoms with Gasteiger partial charge >= 0.3 is 0 Å². The van der Waals surface area contributed by atoms with Crippen LogP contribution in [0.25, 0.3) is 0 Å². The highest BCUT2D eigenvalue weighted by atomic mass is 79.9. The summed E-state index contributed by atoms with van der Waals surface area (Å²) in [6.07, 6.45) is 0. The Morgan fingerprint density at radius 3 is 2.35 bits per heavy atom. The van der Waals surface area contributed by atoms with Crippen LogP contribution in [0.1, 0.15) is 13.8 Å². The topological polar surface area (TPSA) is 72.2 Å². The molecule has 0 atom stereocenters. The molecule has 1 aromatic heterocycles. The molecular formula is C8H13Br2ClN2O2S2. The maximum atomic E-state index is 11.9. The molecule has 17 heavy (non-hydrogen) atoms. The Labute approximate surface area is 128 Å². The van der Waals surface area contributed by atoms with E-state index in [0.717, 1.165) is 15.8 Å². The Morgan fingerprint density at radius 1 is 1.47 bits per heavy atom. The number of nitrogens with one attached hydrogen (secondary N) is 1. The Hall–Kier alpha value is 0.820. The Balaban J connectivity index is 0.00000256. The third-order valence-electron chi connectivity index (χ3n) is 1.62. The summed E-state index contributed by atoms with van der Waals surface area (Å²) in [6, 6.07) is 0. The van der Waals surface area contributed by atoms with Gasteiger partial charge in [-0.25, -0.2) is 13.1 Å². The van der Waals surface area contributed by atoms with Gasteiger partial charge in [-0.3, -0.25) is 0 Å². The van der Waals surface area contributed by atoms with Crippen LogP contribution in [-0.2, 0) is 10.0 Å². The summed E-state index contributed by atoms with van der Waals surface area (Å²) in [5.74, 6) is 0. The summed E-state index contributed by atoms with van der Waals surface area (Å²) in [5.41, 5.74) is 5.14. The molecule has 100 valence electrons. The fourth-order valence-corrected chi connectivity index (χ4v) is 5.17. The molecule has 0 fully saturated rings. The number of rotatable bonds is 4. The molecule has 0 unspecified atom stereocenters. The van der Waals surface area contributed by atoms with E-state index < -0.39 is 15.6 Å². The van der Waals surface area contributed by atoms with E-state index in [1.165, 1.54) is 0 Å². The lowest BCUT2D eigenvalue weighted by atomic mass is 10.1. The third-order valence-corrected chi connectivity index (χ3v) is 7.36. The number of nitrogens with two attached hydrogens (primary N) is 1. The lowest BCUT2D eigenvalue weighted by Crippen LogP contribution is -2.44. The summed E-state index contributed by atoms with van der Waals surface area (Å²) in [5, 5.41) is 1.71. The van der Waals surface area contributed by atoms with Gasteiger partial charge in [-0.05, 0) is 45.7 Å². The van der Waals surface area contributed by atoms with Crippen molar-refractivity contribution >= 4 is 65.6 Å². The maximum absolute atomic E-state index is 11.9. The number of halogens is 3. The average molecular weight is 429 g/mol. The normalized spacial score (nSPS) is 12.3. The monoisotopic (exact) mass is 426 g/mol. The molecule has 0 spiro atoms. The molecule has 9 heteroatoms. The summed E-state index contributed by atoms with van der Waals surface area (Å²) >= 11 is 7.61. The quantitative estimate of drug-likeness (QED) is 0.775. The van der Waals surface area contributed by atoms with Gasteiger partial charge in [-0.2, -0.15) is 0 Å².